The van der Waals surface area contributed by atoms with E-state index in [9.17, 15) is 0 Å². The summed E-state index contributed by atoms with van der Waals surface area (Å²) < 4.78 is 0. The first-order valence-electron chi connectivity index (χ1n) is 9.31. The van der Waals surface area contributed by atoms with Crippen LogP contribution in [0.4, 0.5) is 11.5 Å². The summed E-state index contributed by atoms with van der Waals surface area (Å²) in [7, 11) is 0. The molecule has 0 saturated heterocycles. The van der Waals surface area contributed by atoms with Crippen LogP contribution in [0.2, 0.25) is 0 Å². The van der Waals surface area contributed by atoms with Crippen LogP contribution in [0.1, 0.15) is 23.2 Å². The quantitative estimate of drug-likeness (QED) is 0.701. The molecule has 4 rings (SSSR count). The lowest BCUT2D eigenvalue weighted by Gasteiger charge is -2.24. The van der Waals surface area contributed by atoms with Crippen molar-refractivity contribution in [1.29, 1.82) is 0 Å². The van der Waals surface area contributed by atoms with Crippen LogP contribution in [0.25, 0.3) is 0 Å². The van der Waals surface area contributed by atoms with Gasteiger partial charge in [-0.2, -0.15) is 0 Å². The summed E-state index contributed by atoms with van der Waals surface area (Å²) in [5, 5.41) is 3.62. The Kier molecular flexibility index (Phi) is 5.10. The minimum absolute atomic E-state index is 0.855. The van der Waals surface area contributed by atoms with Crippen LogP contribution in [-0.4, -0.2) is 23.1 Å². The molecule has 1 aliphatic rings. The maximum Gasteiger partial charge on any atom is 0.128 e. The molecule has 26 heavy (non-hydrogen) atoms. The highest BCUT2D eigenvalue weighted by Crippen LogP contribution is 2.26. The van der Waals surface area contributed by atoms with Crippen molar-refractivity contribution in [1.82, 2.24) is 9.97 Å². The maximum absolute atomic E-state index is 4.55. The third-order valence-electron chi connectivity index (χ3n) is 4.87. The Labute approximate surface area is 154 Å². The second kappa shape index (κ2) is 8.00. The first-order chi connectivity index (χ1) is 12.9. The van der Waals surface area contributed by atoms with Crippen molar-refractivity contribution in [3.8, 4) is 0 Å². The Balaban J connectivity index is 1.44. The third-order valence-corrected chi connectivity index (χ3v) is 4.87. The Bertz CT molecular complexity index is 833. The number of nitrogens with one attached hydrogen (secondary N) is 1. The molecule has 1 aromatic carbocycles. The van der Waals surface area contributed by atoms with E-state index in [4.69, 9.17) is 0 Å². The number of benzene rings is 1. The normalized spacial score (nSPS) is 12.6. The molecule has 132 valence electrons. The van der Waals surface area contributed by atoms with Crippen LogP contribution in [0.3, 0.4) is 0 Å². The summed E-state index contributed by atoms with van der Waals surface area (Å²) in [6.45, 7) is 2.62. The van der Waals surface area contributed by atoms with Crippen LogP contribution in [0, 0.1) is 0 Å². The second-order valence-electron chi connectivity index (χ2n) is 6.66. The van der Waals surface area contributed by atoms with Crippen LogP contribution in [-0.2, 0) is 19.4 Å². The van der Waals surface area contributed by atoms with E-state index in [0.717, 1.165) is 38.3 Å². The topological polar surface area (TPSA) is 41.0 Å². The standard InChI is InChI=1S/C22H24N4/c1-2-7-18(8-3-1)17-26(22-11-4-5-13-25-22)16-15-24-21-12-14-23-20-10-6-9-19(20)21/h1-5,7-8,11-14H,6,9-10,15-17H2,(H,23,24). The second-order valence-corrected chi connectivity index (χ2v) is 6.66. The van der Waals surface area contributed by atoms with E-state index in [1.807, 2.05) is 24.5 Å². The fourth-order valence-electron chi connectivity index (χ4n) is 3.57. The van der Waals surface area contributed by atoms with Crippen molar-refractivity contribution >= 4 is 11.5 Å². The lowest BCUT2D eigenvalue weighted by atomic mass is 10.2. The number of fused-ring (bicyclic) bond motifs is 1. The van der Waals surface area contributed by atoms with E-state index >= 15 is 0 Å². The zero-order valence-electron chi connectivity index (χ0n) is 14.9. The molecule has 0 fully saturated rings. The van der Waals surface area contributed by atoms with E-state index in [0.29, 0.717) is 0 Å². The summed E-state index contributed by atoms with van der Waals surface area (Å²) in [6.07, 6.45) is 7.25. The molecule has 0 saturated carbocycles. The van der Waals surface area contributed by atoms with Crippen LogP contribution in [0.5, 0.6) is 0 Å². The third kappa shape index (κ3) is 3.85. The molecule has 2 aromatic heterocycles. The van der Waals surface area contributed by atoms with Gasteiger partial charge in [0, 0.05) is 43.4 Å². The zero-order valence-corrected chi connectivity index (χ0v) is 14.9. The number of pyridine rings is 2. The maximum atomic E-state index is 4.55. The first-order valence-corrected chi connectivity index (χ1v) is 9.31. The Hall–Kier alpha value is -2.88. The molecule has 0 spiro atoms. The number of aromatic nitrogens is 2. The van der Waals surface area contributed by atoms with Gasteiger partial charge in [-0.1, -0.05) is 36.4 Å². The molecule has 0 atom stereocenters. The van der Waals surface area contributed by atoms with E-state index in [-0.39, 0.29) is 0 Å². The van der Waals surface area contributed by atoms with Crippen molar-refractivity contribution in [2.24, 2.45) is 0 Å². The summed E-state index contributed by atoms with van der Waals surface area (Å²) in [5.41, 5.74) is 5.21. The van der Waals surface area contributed by atoms with E-state index in [1.165, 1.54) is 28.9 Å². The number of nitrogens with zero attached hydrogens (tertiary/aromatic N) is 3. The molecule has 0 aliphatic heterocycles. The van der Waals surface area contributed by atoms with Gasteiger partial charge < -0.3 is 10.2 Å². The monoisotopic (exact) mass is 344 g/mol. The Morgan fingerprint density at radius 1 is 0.885 bits per heavy atom. The van der Waals surface area contributed by atoms with Gasteiger partial charge in [0.2, 0.25) is 0 Å². The number of hydrogen-bond acceptors (Lipinski definition) is 4. The van der Waals surface area contributed by atoms with E-state index in [2.05, 4.69) is 62.6 Å². The molecule has 4 heteroatoms. The fourth-order valence-corrected chi connectivity index (χ4v) is 3.57. The molecule has 1 N–H and O–H groups in total. The first kappa shape index (κ1) is 16.6. The lowest BCUT2D eigenvalue weighted by molar-refractivity contribution is 0.789. The average Bonchev–Trinajstić information content (AvgIpc) is 3.18. The van der Waals surface area contributed by atoms with Gasteiger partial charge in [-0.3, -0.25) is 4.98 Å². The lowest BCUT2D eigenvalue weighted by Crippen LogP contribution is -2.29. The van der Waals surface area contributed by atoms with Gasteiger partial charge >= 0.3 is 0 Å². The highest BCUT2D eigenvalue weighted by Gasteiger charge is 2.16. The predicted octanol–water partition coefficient (Wildman–Crippen LogP) is 4.08. The zero-order chi connectivity index (χ0) is 17.6. The van der Waals surface area contributed by atoms with Gasteiger partial charge in [-0.05, 0) is 48.6 Å². The SMILES string of the molecule is c1ccc(CN(CCNc2ccnc3c2CCC3)c2ccccn2)cc1. The minimum atomic E-state index is 0.855. The van der Waals surface area contributed by atoms with Gasteiger partial charge in [0.15, 0.2) is 0 Å². The van der Waals surface area contributed by atoms with E-state index < -0.39 is 0 Å². The fraction of sp³-hybridized carbons (Fsp3) is 0.273. The highest BCUT2D eigenvalue weighted by molar-refractivity contribution is 5.54. The number of anilines is 2. The molecule has 3 aromatic rings. The van der Waals surface area contributed by atoms with Crippen molar-refractivity contribution < 1.29 is 0 Å². The Morgan fingerprint density at radius 2 is 1.77 bits per heavy atom. The number of hydrogen-bond donors (Lipinski definition) is 1. The molecule has 0 unspecified atom stereocenters. The minimum Gasteiger partial charge on any atom is -0.383 e. The number of rotatable bonds is 7. The smallest absolute Gasteiger partial charge is 0.128 e. The molecular weight excluding hydrogens is 320 g/mol. The van der Waals surface area contributed by atoms with Crippen LogP contribution < -0.4 is 10.2 Å². The predicted molar refractivity (Wildman–Crippen MR) is 106 cm³/mol. The summed E-state index contributed by atoms with van der Waals surface area (Å²) in [5.74, 6) is 1.01. The average molecular weight is 344 g/mol. The molecular formula is C22H24N4. The van der Waals surface area contributed by atoms with Gasteiger partial charge in [-0.15, -0.1) is 0 Å². The summed E-state index contributed by atoms with van der Waals surface area (Å²) in [4.78, 5) is 11.4. The molecule has 1 aliphatic carbocycles. The van der Waals surface area contributed by atoms with Crippen molar-refractivity contribution in [3.05, 3.63) is 83.8 Å². The summed E-state index contributed by atoms with van der Waals surface area (Å²) >= 11 is 0. The van der Waals surface area contributed by atoms with Gasteiger partial charge in [-0.25, -0.2) is 4.98 Å². The van der Waals surface area contributed by atoms with E-state index in [1.54, 1.807) is 0 Å². The molecule has 0 amide bonds. The van der Waals surface area contributed by atoms with Gasteiger partial charge in [0.05, 0.1) is 0 Å². The highest BCUT2D eigenvalue weighted by atomic mass is 15.2. The number of aryl methyl sites for hydroxylation is 1. The Morgan fingerprint density at radius 3 is 2.62 bits per heavy atom. The van der Waals surface area contributed by atoms with Gasteiger partial charge in [0.25, 0.3) is 0 Å². The van der Waals surface area contributed by atoms with Gasteiger partial charge in [0.1, 0.15) is 5.82 Å². The molecule has 0 radical (unpaired) electrons. The van der Waals surface area contributed by atoms with Crippen LogP contribution in [0.15, 0.2) is 67.0 Å². The largest absolute Gasteiger partial charge is 0.383 e. The van der Waals surface area contributed by atoms with Crippen LogP contribution >= 0.6 is 0 Å². The molecule has 0 bridgehead atoms. The van der Waals surface area contributed by atoms with Crippen molar-refractivity contribution in [2.75, 3.05) is 23.3 Å². The molecule has 2 heterocycles. The van der Waals surface area contributed by atoms with Crippen molar-refractivity contribution in [3.63, 3.8) is 0 Å². The summed E-state index contributed by atoms with van der Waals surface area (Å²) in [6, 6.07) is 18.7. The molecule has 4 nitrogen and oxygen atoms in total. The van der Waals surface area contributed by atoms with Crippen molar-refractivity contribution in [2.45, 2.75) is 25.8 Å².